The third-order valence-electron chi connectivity index (χ3n) is 7.93. The fourth-order valence-electron chi connectivity index (χ4n) is 5.63. The topological polar surface area (TPSA) is 70.8 Å². The normalized spacial score (nSPS) is 15.1. The average Bonchev–Trinajstić information content (AvgIpc) is 3.39. The molecule has 0 saturated heterocycles. The Kier molecular flexibility index (Phi) is 9.63. The molecule has 4 aromatic rings. The number of nitrogens with zero attached hydrogens (tertiary/aromatic N) is 1. The molecule has 1 fully saturated rings. The number of carbonyl (C=O) groups is 1. The Morgan fingerprint density at radius 2 is 1.67 bits per heavy atom. The van der Waals surface area contributed by atoms with Gasteiger partial charge in [0.15, 0.2) is 5.89 Å². The molecular weight excluding hydrogens is 526 g/mol. The van der Waals surface area contributed by atoms with Gasteiger partial charge in [-0.25, -0.2) is 9.78 Å². The molecule has 0 bridgehead atoms. The molecule has 3 aromatic carbocycles. The van der Waals surface area contributed by atoms with Gasteiger partial charge in [0.2, 0.25) is 5.60 Å². The second-order valence-corrected chi connectivity index (χ2v) is 11.3. The predicted molar refractivity (Wildman–Crippen MR) is 164 cm³/mol. The van der Waals surface area contributed by atoms with Crippen LogP contribution in [0.3, 0.4) is 0 Å². The van der Waals surface area contributed by atoms with Gasteiger partial charge >= 0.3 is 5.97 Å². The van der Waals surface area contributed by atoms with Crippen LogP contribution in [0.5, 0.6) is 11.5 Å². The first-order valence-electron chi connectivity index (χ1n) is 15.1. The van der Waals surface area contributed by atoms with Crippen molar-refractivity contribution < 1.29 is 23.4 Å². The highest BCUT2D eigenvalue weighted by Crippen LogP contribution is 2.33. The van der Waals surface area contributed by atoms with Crippen molar-refractivity contribution in [3.8, 4) is 22.6 Å². The van der Waals surface area contributed by atoms with Gasteiger partial charge in [-0.15, -0.1) is 0 Å². The Bertz CT molecular complexity index is 1440. The van der Waals surface area contributed by atoms with Crippen LogP contribution in [-0.2, 0) is 22.4 Å². The van der Waals surface area contributed by atoms with E-state index in [1.54, 1.807) is 13.8 Å². The minimum Gasteiger partial charge on any atom is -0.493 e. The summed E-state index contributed by atoms with van der Waals surface area (Å²) < 4.78 is 23.8. The number of benzene rings is 3. The van der Waals surface area contributed by atoms with Crippen molar-refractivity contribution in [1.82, 2.24) is 4.98 Å². The molecule has 1 aromatic heterocycles. The van der Waals surface area contributed by atoms with Gasteiger partial charge in [0.1, 0.15) is 17.3 Å². The average molecular weight is 568 g/mol. The second kappa shape index (κ2) is 13.7. The number of carbonyl (C=O) groups excluding carboxylic acids is 1. The standard InChI is InChI=1S/C36H41NO5/c1-4-39-35(38)36(3,42-32-17-11-16-30(24-32)28-12-7-5-8-13-28)25-27-18-20-31(21-19-27)40-23-22-33-26(2)41-34(37-33)29-14-9-6-10-15-29/h5,7-8,11-13,16-21,24,29H,4,6,9-10,14-15,22-23,25H2,1-3H3. The third kappa shape index (κ3) is 7.41. The van der Waals surface area contributed by atoms with Crippen LogP contribution >= 0.6 is 0 Å². The van der Waals surface area contributed by atoms with Gasteiger partial charge in [0, 0.05) is 18.8 Å². The van der Waals surface area contributed by atoms with Crippen molar-refractivity contribution in [2.24, 2.45) is 0 Å². The Morgan fingerprint density at radius 3 is 2.40 bits per heavy atom. The Morgan fingerprint density at radius 1 is 0.929 bits per heavy atom. The Labute approximate surface area is 249 Å². The summed E-state index contributed by atoms with van der Waals surface area (Å²) in [7, 11) is 0. The number of aromatic nitrogens is 1. The zero-order valence-electron chi connectivity index (χ0n) is 24.9. The van der Waals surface area contributed by atoms with E-state index in [1.807, 2.05) is 73.7 Å². The number of hydrogen-bond acceptors (Lipinski definition) is 6. The van der Waals surface area contributed by atoms with Gasteiger partial charge in [0.05, 0.1) is 18.9 Å². The van der Waals surface area contributed by atoms with E-state index in [1.165, 1.54) is 32.1 Å². The third-order valence-corrected chi connectivity index (χ3v) is 7.93. The molecule has 0 amide bonds. The summed E-state index contributed by atoms with van der Waals surface area (Å²) >= 11 is 0. The lowest BCUT2D eigenvalue weighted by Crippen LogP contribution is -2.45. The second-order valence-electron chi connectivity index (χ2n) is 11.3. The van der Waals surface area contributed by atoms with E-state index in [2.05, 4.69) is 12.1 Å². The Hall–Kier alpha value is -4.06. The molecule has 5 rings (SSSR count). The number of oxazole rings is 1. The first-order chi connectivity index (χ1) is 20.4. The van der Waals surface area contributed by atoms with Crippen molar-refractivity contribution >= 4 is 5.97 Å². The quantitative estimate of drug-likeness (QED) is 0.161. The van der Waals surface area contributed by atoms with Gasteiger partial charge in [0.25, 0.3) is 0 Å². The molecule has 0 spiro atoms. The fourth-order valence-corrected chi connectivity index (χ4v) is 5.63. The first kappa shape index (κ1) is 29.4. The number of rotatable bonds is 12. The molecule has 1 heterocycles. The van der Waals surface area contributed by atoms with E-state index in [9.17, 15) is 4.79 Å². The maximum Gasteiger partial charge on any atom is 0.350 e. The monoisotopic (exact) mass is 567 g/mol. The molecule has 0 radical (unpaired) electrons. The summed E-state index contributed by atoms with van der Waals surface area (Å²) in [5.41, 5.74) is 2.83. The molecular formula is C36H41NO5. The highest BCUT2D eigenvalue weighted by molar-refractivity contribution is 5.80. The van der Waals surface area contributed by atoms with E-state index < -0.39 is 11.6 Å². The van der Waals surface area contributed by atoms with E-state index in [4.69, 9.17) is 23.6 Å². The van der Waals surface area contributed by atoms with E-state index in [0.717, 1.165) is 39.8 Å². The molecule has 1 atom stereocenters. The van der Waals surface area contributed by atoms with Crippen molar-refractivity contribution in [3.05, 3.63) is 102 Å². The van der Waals surface area contributed by atoms with Crippen LogP contribution in [0.1, 0.15) is 74.8 Å². The SMILES string of the molecule is CCOC(=O)C(C)(Cc1ccc(OCCc2nc(C3CCCCC3)oc2C)cc1)Oc1cccc(-c2ccccc2)c1. The molecule has 1 aliphatic rings. The number of ether oxygens (including phenoxy) is 3. The van der Waals surface area contributed by atoms with Gasteiger partial charge in [-0.1, -0.05) is 73.9 Å². The van der Waals surface area contributed by atoms with Crippen molar-refractivity contribution in [3.63, 3.8) is 0 Å². The summed E-state index contributed by atoms with van der Waals surface area (Å²) in [5, 5.41) is 0. The molecule has 220 valence electrons. The van der Waals surface area contributed by atoms with Crippen LogP contribution in [0, 0.1) is 6.92 Å². The first-order valence-corrected chi connectivity index (χ1v) is 15.1. The van der Waals surface area contributed by atoms with Crippen LogP contribution < -0.4 is 9.47 Å². The van der Waals surface area contributed by atoms with Crippen LogP contribution in [0.15, 0.2) is 83.3 Å². The van der Waals surface area contributed by atoms with Gasteiger partial charge in [-0.2, -0.15) is 0 Å². The summed E-state index contributed by atoms with van der Waals surface area (Å²) in [4.78, 5) is 17.9. The number of esters is 1. The molecule has 1 unspecified atom stereocenters. The van der Waals surface area contributed by atoms with Gasteiger partial charge < -0.3 is 18.6 Å². The molecule has 0 N–H and O–H groups in total. The molecule has 6 heteroatoms. The fraction of sp³-hybridized carbons (Fsp3) is 0.389. The lowest BCUT2D eigenvalue weighted by Gasteiger charge is -2.29. The van der Waals surface area contributed by atoms with E-state index in [-0.39, 0.29) is 6.61 Å². The summed E-state index contributed by atoms with van der Waals surface area (Å²) in [6.45, 7) is 6.37. The zero-order chi connectivity index (χ0) is 29.4. The van der Waals surface area contributed by atoms with E-state index in [0.29, 0.717) is 31.1 Å². The lowest BCUT2D eigenvalue weighted by atomic mass is 9.89. The summed E-state index contributed by atoms with van der Waals surface area (Å²) in [6.07, 6.45) is 7.21. The van der Waals surface area contributed by atoms with Crippen LogP contribution in [0.25, 0.3) is 11.1 Å². The summed E-state index contributed by atoms with van der Waals surface area (Å²) in [5.74, 6) is 3.22. The van der Waals surface area contributed by atoms with Gasteiger partial charge in [-0.3, -0.25) is 0 Å². The van der Waals surface area contributed by atoms with Crippen LogP contribution in [-0.4, -0.2) is 29.8 Å². The Balaban J connectivity index is 1.21. The summed E-state index contributed by atoms with van der Waals surface area (Å²) in [6, 6.07) is 25.7. The number of hydrogen-bond donors (Lipinski definition) is 0. The highest BCUT2D eigenvalue weighted by Gasteiger charge is 2.38. The minimum atomic E-state index is -1.20. The molecule has 0 aliphatic heterocycles. The predicted octanol–water partition coefficient (Wildman–Crippen LogP) is 8.26. The minimum absolute atomic E-state index is 0.280. The van der Waals surface area contributed by atoms with Crippen molar-refractivity contribution in [2.75, 3.05) is 13.2 Å². The molecule has 6 nitrogen and oxygen atoms in total. The number of aryl methyl sites for hydroxylation is 1. The van der Waals surface area contributed by atoms with Crippen molar-refractivity contribution in [1.29, 1.82) is 0 Å². The zero-order valence-corrected chi connectivity index (χ0v) is 24.9. The maximum absolute atomic E-state index is 13.1. The highest BCUT2D eigenvalue weighted by atomic mass is 16.6. The largest absolute Gasteiger partial charge is 0.493 e. The maximum atomic E-state index is 13.1. The van der Waals surface area contributed by atoms with Crippen molar-refractivity contribution in [2.45, 2.75) is 77.2 Å². The lowest BCUT2D eigenvalue weighted by molar-refractivity contribution is -0.160. The molecule has 42 heavy (non-hydrogen) atoms. The van der Waals surface area contributed by atoms with Crippen LogP contribution in [0.2, 0.25) is 0 Å². The smallest absolute Gasteiger partial charge is 0.350 e. The van der Waals surface area contributed by atoms with Crippen LogP contribution in [0.4, 0.5) is 0 Å². The molecule has 1 aliphatic carbocycles. The van der Waals surface area contributed by atoms with E-state index >= 15 is 0 Å². The molecule has 1 saturated carbocycles. The van der Waals surface area contributed by atoms with Gasteiger partial charge in [-0.05, 0) is 74.6 Å².